The van der Waals surface area contributed by atoms with E-state index in [0.29, 0.717) is 5.56 Å². The van der Waals surface area contributed by atoms with Crippen molar-refractivity contribution in [1.29, 1.82) is 0 Å². The third-order valence-electron chi connectivity index (χ3n) is 2.86. The number of aliphatic hydroxyl groups is 1. The van der Waals surface area contributed by atoms with E-state index in [9.17, 15) is 9.50 Å². The van der Waals surface area contributed by atoms with Crippen molar-refractivity contribution in [2.75, 3.05) is 0 Å². The monoisotopic (exact) mass is 245 g/mol. The number of halogens is 1. The molecular weight excluding hydrogens is 229 g/mol. The molecule has 2 rings (SSSR count). The number of hydrogen-bond donors (Lipinski definition) is 1. The summed E-state index contributed by atoms with van der Waals surface area (Å²) < 4.78 is 13.5. The van der Waals surface area contributed by atoms with Crippen LogP contribution in [0.4, 0.5) is 4.39 Å². The van der Waals surface area contributed by atoms with E-state index < -0.39 is 6.10 Å². The minimum Gasteiger partial charge on any atom is -0.388 e. The van der Waals surface area contributed by atoms with Crippen LogP contribution in [0.3, 0.4) is 0 Å². The Balaban J connectivity index is 2.22. The van der Waals surface area contributed by atoms with Crippen LogP contribution in [-0.4, -0.2) is 10.1 Å². The number of pyridine rings is 1. The summed E-state index contributed by atoms with van der Waals surface area (Å²) in [5, 5.41) is 10.2. The molecule has 3 heteroatoms. The average molecular weight is 245 g/mol. The lowest BCUT2D eigenvalue weighted by atomic mass is 10.0. The van der Waals surface area contributed by atoms with Crippen molar-refractivity contribution in [2.45, 2.75) is 26.4 Å². The molecule has 0 fully saturated rings. The van der Waals surface area contributed by atoms with Crippen LogP contribution in [-0.2, 0) is 6.42 Å². The molecule has 1 N–H and O–H groups in total. The minimum absolute atomic E-state index is 0.273. The van der Waals surface area contributed by atoms with E-state index in [4.69, 9.17) is 0 Å². The van der Waals surface area contributed by atoms with E-state index in [1.54, 1.807) is 18.2 Å². The molecule has 1 unspecified atom stereocenters. The third kappa shape index (κ3) is 2.93. The lowest BCUT2D eigenvalue weighted by Crippen LogP contribution is -2.05. The predicted molar refractivity (Wildman–Crippen MR) is 68.8 cm³/mol. The molecule has 0 bridgehead atoms. The predicted octanol–water partition coefficient (Wildman–Crippen LogP) is 3.11. The molecule has 0 aliphatic rings. The first-order valence-electron chi connectivity index (χ1n) is 5.93. The molecule has 2 nitrogen and oxygen atoms in total. The number of aliphatic hydroxyl groups excluding tert-OH is 1. The highest BCUT2D eigenvalue weighted by atomic mass is 19.1. The second-order valence-electron chi connectivity index (χ2n) is 4.49. The van der Waals surface area contributed by atoms with Crippen molar-refractivity contribution in [3.63, 3.8) is 0 Å². The first-order valence-corrected chi connectivity index (χ1v) is 5.93. The molecule has 2 aromatic rings. The van der Waals surface area contributed by atoms with Gasteiger partial charge in [-0.2, -0.15) is 0 Å². The molecule has 0 spiro atoms. The Hall–Kier alpha value is -1.74. The smallest absolute Gasteiger partial charge is 0.126 e. The molecule has 1 aromatic heterocycles. The first-order chi connectivity index (χ1) is 8.56. The number of rotatable bonds is 3. The lowest BCUT2D eigenvalue weighted by molar-refractivity contribution is 0.177. The van der Waals surface area contributed by atoms with Gasteiger partial charge in [-0.1, -0.05) is 18.2 Å². The van der Waals surface area contributed by atoms with Gasteiger partial charge in [0.25, 0.3) is 0 Å². The van der Waals surface area contributed by atoms with Gasteiger partial charge in [0.15, 0.2) is 0 Å². The van der Waals surface area contributed by atoms with Crippen LogP contribution in [0.2, 0.25) is 0 Å². The zero-order valence-corrected chi connectivity index (χ0v) is 10.5. The van der Waals surface area contributed by atoms with Gasteiger partial charge in [0.05, 0.1) is 6.10 Å². The largest absolute Gasteiger partial charge is 0.388 e. The van der Waals surface area contributed by atoms with Crippen LogP contribution in [0.5, 0.6) is 0 Å². The molecule has 18 heavy (non-hydrogen) atoms. The topological polar surface area (TPSA) is 33.1 Å². The quantitative estimate of drug-likeness (QED) is 0.901. The van der Waals surface area contributed by atoms with Gasteiger partial charge in [-0.05, 0) is 43.2 Å². The molecule has 0 saturated carbocycles. The van der Waals surface area contributed by atoms with Gasteiger partial charge >= 0.3 is 0 Å². The van der Waals surface area contributed by atoms with Crippen LogP contribution in [0.15, 0.2) is 36.4 Å². The van der Waals surface area contributed by atoms with Crippen LogP contribution >= 0.6 is 0 Å². The zero-order chi connectivity index (χ0) is 13.1. The van der Waals surface area contributed by atoms with Gasteiger partial charge in [0.2, 0.25) is 0 Å². The summed E-state index contributed by atoms with van der Waals surface area (Å²) in [5.74, 6) is -0.279. The summed E-state index contributed by atoms with van der Waals surface area (Å²) in [4.78, 5) is 4.26. The highest BCUT2D eigenvalue weighted by Gasteiger charge is 2.12. The third-order valence-corrected chi connectivity index (χ3v) is 2.86. The van der Waals surface area contributed by atoms with E-state index in [0.717, 1.165) is 17.0 Å². The Kier molecular flexibility index (Phi) is 3.72. The van der Waals surface area contributed by atoms with E-state index in [2.05, 4.69) is 4.98 Å². The van der Waals surface area contributed by atoms with Gasteiger partial charge in [0, 0.05) is 17.8 Å². The van der Waals surface area contributed by atoms with Crippen LogP contribution in [0.25, 0.3) is 0 Å². The highest BCUT2D eigenvalue weighted by Crippen LogP contribution is 2.21. The van der Waals surface area contributed by atoms with Crippen LogP contribution in [0.1, 0.15) is 28.6 Å². The van der Waals surface area contributed by atoms with Crippen molar-refractivity contribution in [1.82, 2.24) is 4.98 Å². The summed E-state index contributed by atoms with van der Waals surface area (Å²) in [6.45, 7) is 3.76. The van der Waals surface area contributed by atoms with E-state index in [1.807, 2.05) is 26.0 Å². The Morgan fingerprint density at radius 2 is 1.78 bits per heavy atom. The number of aryl methyl sites for hydroxylation is 2. The zero-order valence-electron chi connectivity index (χ0n) is 10.5. The summed E-state index contributed by atoms with van der Waals surface area (Å²) in [6.07, 6.45) is -0.433. The van der Waals surface area contributed by atoms with Gasteiger partial charge in [0.1, 0.15) is 5.82 Å². The number of nitrogens with zero attached hydrogens (tertiary/aromatic N) is 1. The standard InChI is InChI=1S/C15H16FNO/c1-10-7-13(8-11(2)17-10)15(18)9-12-5-3-4-6-14(12)16/h3-8,15,18H,9H2,1-2H3. The molecule has 0 aliphatic carbocycles. The van der Waals surface area contributed by atoms with E-state index in [1.165, 1.54) is 6.07 Å². The van der Waals surface area contributed by atoms with Crippen molar-refractivity contribution in [3.05, 3.63) is 64.7 Å². The first kappa shape index (κ1) is 12.7. The number of hydrogen-bond acceptors (Lipinski definition) is 2. The lowest BCUT2D eigenvalue weighted by Gasteiger charge is -2.13. The van der Waals surface area contributed by atoms with Gasteiger partial charge in [-0.25, -0.2) is 4.39 Å². The van der Waals surface area contributed by atoms with Crippen molar-refractivity contribution >= 4 is 0 Å². The van der Waals surface area contributed by atoms with Gasteiger partial charge in [-0.3, -0.25) is 4.98 Å². The minimum atomic E-state index is -0.706. The van der Waals surface area contributed by atoms with Crippen LogP contribution < -0.4 is 0 Å². The molecule has 1 aromatic carbocycles. The van der Waals surface area contributed by atoms with Gasteiger partial charge < -0.3 is 5.11 Å². The van der Waals surface area contributed by atoms with Crippen LogP contribution in [0, 0.1) is 19.7 Å². The SMILES string of the molecule is Cc1cc(C(O)Cc2ccccc2F)cc(C)n1. The summed E-state index contributed by atoms with van der Waals surface area (Å²) in [5.41, 5.74) is 3.02. The maximum absolute atomic E-state index is 13.5. The number of aromatic nitrogens is 1. The number of benzene rings is 1. The second kappa shape index (κ2) is 5.27. The van der Waals surface area contributed by atoms with Gasteiger partial charge in [-0.15, -0.1) is 0 Å². The Morgan fingerprint density at radius 1 is 1.17 bits per heavy atom. The maximum atomic E-state index is 13.5. The Bertz CT molecular complexity index is 534. The Morgan fingerprint density at radius 3 is 2.39 bits per heavy atom. The van der Waals surface area contributed by atoms with E-state index in [-0.39, 0.29) is 12.2 Å². The van der Waals surface area contributed by atoms with E-state index >= 15 is 0 Å². The summed E-state index contributed by atoms with van der Waals surface area (Å²) in [7, 11) is 0. The molecular formula is C15H16FNO. The fourth-order valence-corrected chi connectivity index (χ4v) is 2.05. The van der Waals surface area contributed by atoms with Crippen molar-refractivity contribution in [2.24, 2.45) is 0 Å². The maximum Gasteiger partial charge on any atom is 0.126 e. The molecule has 0 aliphatic heterocycles. The van der Waals surface area contributed by atoms with Crippen molar-refractivity contribution < 1.29 is 9.50 Å². The normalized spacial score (nSPS) is 12.4. The Labute approximate surface area is 106 Å². The fourth-order valence-electron chi connectivity index (χ4n) is 2.05. The molecule has 1 heterocycles. The molecule has 94 valence electrons. The second-order valence-corrected chi connectivity index (χ2v) is 4.49. The summed E-state index contributed by atoms with van der Waals surface area (Å²) in [6, 6.07) is 10.2. The summed E-state index contributed by atoms with van der Waals surface area (Å²) >= 11 is 0. The molecule has 0 amide bonds. The highest BCUT2D eigenvalue weighted by molar-refractivity contribution is 5.25. The van der Waals surface area contributed by atoms with Crippen molar-refractivity contribution in [3.8, 4) is 0 Å². The fraction of sp³-hybridized carbons (Fsp3) is 0.267. The average Bonchev–Trinajstić information content (AvgIpc) is 2.31. The molecule has 0 saturated heterocycles. The molecule has 0 radical (unpaired) electrons. The molecule has 1 atom stereocenters.